The summed E-state index contributed by atoms with van der Waals surface area (Å²) in [6, 6.07) is 18.0. The van der Waals surface area contributed by atoms with E-state index in [1.54, 1.807) is 18.4 Å². The number of ether oxygens (including phenoxy) is 2. The van der Waals surface area contributed by atoms with Crippen molar-refractivity contribution in [3.63, 3.8) is 0 Å². The van der Waals surface area contributed by atoms with Gasteiger partial charge in [0.2, 0.25) is 6.23 Å². The zero-order chi connectivity index (χ0) is 18.4. The van der Waals surface area contributed by atoms with Crippen molar-refractivity contribution in [3.8, 4) is 11.5 Å². The van der Waals surface area contributed by atoms with E-state index in [1.807, 2.05) is 41.4 Å². The van der Waals surface area contributed by atoms with Crippen molar-refractivity contribution in [2.75, 3.05) is 7.11 Å². The summed E-state index contributed by atoms with van der Waals surface area (Å²) in [6.45, 7) is 0. The molecule has 4 nitrogen and oxygen atoms in total. The summed E-state index contributed by atoms with van der Waals surface area (Å²) in [5, 5.41) is 9.73. The van der Waals surface area contributed by atoms with Crippen LogP contribution in [0.3, 0.4) is 0 Å². The van der Waals surface area contributed by atoms with E-state index in [1.165, 1.54) is 4.88 Å². The van der Waals surface area contributed by atoms with Crippen LogP contribution in [-0.4, -0.2) is 17.8 Å². The van der Waals surface area contributed by atoms with Gasteiger partial charge >= 0.3 is 0 Å². The molecule has 2 aromatic carbocycles. The van der Waals surface area contributed by atoms with E-state index >= 15 is 0 Å². The molecular weight excluding hydrogens is 380 g/mol. The normalized spacial score (nSPS) is 20.5. The third-order valence-electron chi connectivity index (χ3n) is 4.98. The largest absolute Gasteiger partial charge is 0.493 e. The molecule has 0 saturated carbocycles. The van der Waals surface area contributed by atoms with Gasteiger partial charge in [0.05, 0.1) is 23.7 Å². The average Bonchev–Trinajstić information content (AvgIpc) is 3.37. The summed E-state index contributed by atoms with van der Waals surface area (Å²) in [4.78, 5) is 1.19. The van der Waals surface area contributed by atoms with Gasteiger partial charge < -0.3 is 9.47 Å². The molecule has 0 radical (unpaired) electrons. The minimum Gasteiger partial charge on any atom is -0.493 e. The fraction of sp³-hybridized carbons (Fsp3) is 0.190. The van der Waals surface area contributed by atoms with Gasteiger partial charge in [0, 0.05) is 22.6 Å². The first-order valence-corrected chi connectivity index (χ1v) is 9.99. The third-order valence-corrected chi connectivity index (χ3v) is 6.24. The molecule has 5 rings (SSSR count). The van der Waals surface area contributed by atoms with Crippen molar-refractivity contribution in [2.24, 2.45) is 5.10 Å². The summed E-state index contributed by atoms with van der Waals surface area (Å²) in [6.07, 6.45) is 0.426. The summed E-state index contributed by atoms with van der Waals surface area (Å²) < 4.78 is 12.0. The van der Waals surface area contributed by atoms with Gasteiger partial charge in [0.25, 0.3) is 0 Å². The van der Waals surface area contributed by atoms with Gasteiger partial charge in [-0.25, -0.2) is 5.01 Å². The molecule has 2 atom stereocenters. The molecule has 0 N–H and O–H groups in total. The van der Waals surface area contributed by atoms with Crippen molar-refractivity contribution < 1.29 is 9.47 Å². The molecule has 6 heteroatoms. The summed E-state index contributed by atoms with van der Waals surface area (Å²) in [5.41, 5.74) is 3.07. The molecule has 3 heterocycles. The lowest BCUT2D eigenvalue weighted by Crippen LogP contribution is -2.34. The Balaban J connectivity index is 1.66. The fourth-order valence-electron chi connectivity index (χ4n) is 3.72. The van der Waals surface area contributed by atoms with Crippen molar-refractivity contribution in [3.05, 3.63) is 81.0 Å². The minimum atomic E-state index is -0.398. The Kier molecular flexibility index (Phi) is 4.06. The van der Waals surface area contributed by atoms with E-state index in [4.69, 9.17) is 26.2 Å². The van der Waals surface area contributed by atoms with E-state index in [-0.39, 0.29) is 6.04 Å². The van der Waals surface area contributed by atoms with Crippen LogP contribution in [0.4, 0.5) is 0 Å². The number of thiophene rings is 1. The maximum absolute atomic E-state index is 6.50. The van der Waals surface area contributed by atoms with E-state index in [0.717, 1.165) is 34.8 Å². The Morgan fingerprint density at radius 3 is 2.74 bits per heavy atom. The second kappa shape index (κ2) is 6.59. The summed E-state index contributed by atoms with van der Waals surface area (Å²) in [5.74, 6) is 1.50. The Morgan fingerprint density at radius 2 is 1.96 bits per heavy atom. The standard InChI is InChI=1S/C21H17ClN2O2S/c1-25-18-9-4-7-14-17-12-16(19-10-5-11-27-19)23-24(17)21(26-20(14)18)13-6-2-3-8-15(13)22/h2-11,17,21H,12H2,1H3. The van der Waals surface area contributed by atoms with E-state index in [2.05, 4.69) is 23.6 Å². The first-order chi connectivity index (χ1) is 13.3. The smallest absolute Gasteiger partial charge is 0.215 e. The number of hydrazone groups is 1. The molecule has 27 heavy (non-hydrogen) atoms. The predicted molar refractivity (Wildman–Crippen MR) is 108 cm³/mol. The van der Waals surface area contributed by atoms with E-state index in [0.29, 0.717) is 5.02 Å². The first-order valence-electron chi connectivity index (χ1n) is 8.74. The van der Waals surface area contributed by atoms with Gasteiger partial charge in [0.1, 0.15) is 0 Å². The topological polar surface area (TPSA) is 34.1 Å². The Morgan fingerprint density at radius 1 is 1.11 bits per heavy atom. The molecule has 2 aliphatic rings. The minimum absolute atomic E-state index is 0.0854. The molecule has 2 unspecified atom stereocenters. The second-order valence-corrected chi connectivity index (χ2v) is 7.85. The zero-order valence-corrected chi connectivity index (χ0v) is 16.2. The monoisotopic (exact) mass is 396 g/mol. The van der Waals surface area contributed by atoms with Crippen LogP contribution in [0.5, 0.6) is 11.5 Å². The van der Waals surface area contributed by atoms with Crippen LogP contribution in [0.15, 0.2) is 65.1 Å². The zero-order valence-electron chi connectivity index (χ0n) is 14.6. The number of methoxy groups -OCH3 is 1. The van der Waals surface area contributed by atoms with Gasteiger partial charge in [-0.05, 0) is 23.6 Å². The number of rotatable bonds is 3. The van der Waals surface area contributed by atoms with Crippen LogP contribution in [0.2, 0.25) is 5.02 Å². The predicted octanol–water partition coefficient (Wildman–Crippen LogP) is 5.65. The molecular formula is C21H17ClN2O2S. The summed E-state index contributed by atoms with van der Waals surface area (Å²) in [7, 11) is 1.66. The van der Waals surface area contributed by atoms with Crippen molar-refractivity contribution in [1.29, 1.82) is 0 Å². The lowest BCUT2D eigenvalue weighted by atomic mass is 9.97. The highest BCUT2D eigenvalue weighted by atomic mass is 35.5. The van der Waals surface area contributed by atoms with Crippen LogP contribution < -0.4 is 9.47 Å². The van der Waals surface area contributed by atoms with Crippen LogP contribution in [-0.2, 0) is 0 Å². The lowest BCUT2D eigenvalue weighted by molar-refractivity contribution is -0.0208. The quantitative estimate of drug-likeness (QED) is 0.573. The number of fused-ring (bicyclic) bond motifs is 3. The third kappa shape index (κ3) is 2.69. The van der Waals surface area contributed by atoms with Crippen LogP contribution >= 0.6 is 22.9 Å². The van der Waals surface area contributed by atoms with E-state index in [9.17, 15) is 0 Å². The maximum atomic E-state index is 6.50. The SMILES string of the molecule is COc1cccc2c1OC(c1ccccc1Cl)N1N=C(c3cccs3)CC21. The Bertz CT molecular complexity index is 1020. The molecule has 136 valence electrons. The number of halogens is 1. The number of nitrogens with zero attached hydrogens (tertiary/aromatic N) is 2. The fourth-order valence-corrected chi connectivity index (χ4v) is 4.67. The maximum Gasteiger partial charge on any atom is 0.215 e. The van der Waals surface area contributed by atoms with Crippen LogP contribution in [0.1, 0.15) is 34.7 Å². The molecule has 0 bridgehead atoms. The van der Waals surface area contributed by atoms with Crippen molar-refractivity contribution in [1.82, 2.24) is 5.01 Å². The van der Waals surface area contributed by atoms with E-state index < -0.39 is 6.23 Å². The number of para-hydroxylation sites is 1. The average molecular weight is 397 g/mol. The molecule has 1 aromatic heterocycles. The highest BCUT2D eigenvalue weighted by Crippen LogP contribution is 2.51. The van der Waals surface area contributed by atoms with Crippen LogP contribution in [0.25, 0.3) is 0 Å². The summed E-state index contributed by atoms with van der Waals surface area (Å²) >= 11 is 8.21. The highest BCUT2D eigenvalue weighted by molar-refractivity contribution is 7.12. The van der Waals surface area contributed by atoms with Gasteiger partial charge in [-0.1, -0.05) is 48.0 Å². The van der Waals surface area contributed by atoms with Gasteiger partial charge in [-0.2, -0.15) is 5.10 Å². The molecule has 0 spiro atoms. The molecule has 0 saturated heterocycles. The molecule has 0 aliphatic carbocycles. The highest BCUT2D eigenvalue weighted by Gasteiger charge is 2.42. The second-order valence-electron chi connectivity index (χ2n) is 6.49. The number of hydrogen-bond acceptors (Lipinski definition) is 5. The molecule has 3 aromatic rings. The van der Waals surface area contributed by atoms with Gasteiger partial charge in [0.15, 0.2) is 11.5 Å². The lowest BCUT2D eigenvalue weighted by Gasteiger charge is -2.38. The van der Waals surface area contributed by atoms with Crippen molar-refractivity contribution >= 4 is 28.6 Å². The van der Waals surface area contributed by atoms with Crippen LogP contribution in [0, 0.1) is 0 Å². The van der Waals surface area contributed by atoms with Gasteiger partial charge in [-0.3, -0.25) is 0 Å². The first kappa shape index (κ1) is 16.7. The molecule has 0 fully saturated rings. The molecule has 0 amide bonds. The van der Waals surface area contributed by atoms with Gasteiger partial charge in [-0.15, -0.1) is 11.3 Å². The Hall–Kier alpha value is -2.50. The molecule has 2 aliphatic heterocycles. The van der Waals surface area contributed by atoms with Crippen molar-refractivity contribution in [2.45, 2.75) is 18.7 Å². The number of benzene rings is 2. The Labute approximate surface area is 166 Å². The number of hydrogen-bond donors (Lipinski definition) is 0.